The molecule has 1 aromatic heterocycles. The Bertz CT molecular complexity index is 1350. The Morgan fingerprint density at radius 1 is 1.19 bits per heavy atom. The van der Waals surface area contributed by atoms with Gasteiger partial charge in [0.15, 0.2) is 6.23 Å². The third-order valence-corrected chi connectivity index (χ3v) is 9.76. The van der Waals surface area contributed by atoms with Crippen molar-refractivity contribution in [3.63, 3.8) is 0 Å². The molecule has 2 atom stereocenters. The first-order valence-electron chi connectivity index (χ1n) is 14.5. The molecule has 12 nitrogen and oxygen atoms in total. The van der Waals surface area contributed by atoms with Gasteiger partial charge in [0.05, 0.1) is 30.1 Å². The first-order valence-corrected chi connectivity index (χ1v) is 16.4. The molecular formula is C28H41ClN6O6S. The average Bonchev–Trinajstić information content (AvgIpc) is 2.99. The summed E-state index contributed by atoms with van der Waals surface area (Å²) in [5.41, 5.74) is 0.757. The molecule has 4 rings (SSSR count). The van der Waals surface area contributed by atoms with Crippen molar-refractivity contribution in [1.29, 1.82) is 0 Å². The summed E-state index contributed by atoms with van der Waals surface area (Å²) in [6, 6.07) is 5.86. The Morgan fingerprint density at radius 3 is 2.50 bits per heavy atom. The van der Waals surface area contributed by atoms with E-state index in [9.17, 15) is 18.0 Å². The van der Waals surface area contributed by atoms with E-state index in [4.69, 9.17) is 21.1 Å². The number of ether oxygens (including phenoxy) is 2. The van der Waals surface area contributed by atoms with Crippen LogP contribution < -0.4 is 15.6 Å². The van der Waals surface area contributed by atoms with Gasteiger partial charge in [-0.05, 0) is 75.9 Å². The highest BCUT2D eigenvalue weighted by atomic mass is 35.5. The summed E-state index contributed by atoms with van der Waals surface area (Å²) in [4.78, 5) is 27.5. The lowest BCUT2D eigenvalue weighted by Gasteiger charge is -2.31. The summed E-state index contributed by atoms with van der Waals surface area (Å²) in [7, 11) is -3.85. The fourth-order valence-corrected chi connectivity index (χ4v) is 6.76. The third kappa shape index (κ3) is 8.01. The van der Waals surface area contributed by atoms with Crippen LogP contribution in [0.4, 0.5) is 11.4 Å². The lowest BCUT2D eigenvalue weighted by atomic mass is 10.0. The minimum Gasteiger partial charge on any atom is -0.443 e. The summed E-state index contributed by atoms with van der Waals surface area (Å²) in [6.45, 7) is 9.85. The van der Waals surface area contributed by atoms with Gasteiger partial charge in [-0.25, -0.2) is 9.48 Å². The van der Waals surface area contributed by atoms with Gasteiger partial charge in [0.1, 0.15) is 5.02 Å². The summed E-state index contributed by atoms with van der Waals surface area (Å²) in [5, 5.41) is 7.64. The number of aromatic nitrogens is 2. The number of piperidine rings is 1. The molecule has 2 aliphatic rings. The molecule has 0 aliphatic carbocycles. The first kappa shape index (κ1) is 32.2. The molecule has 0 unspecified atom stereocenters. The summed E-state index contributed by atoms with van der Waals surface area (Å²) < 4.78 is 42.4. The molecule has 0 spiro atoms. The van der Waals surface area contributed by atoms with Crippen molar-refractivity contribution < 1.29 is 22.7 Å². The number of esters is 1. The quantitative estimate of drug-likeness (QED) is 0.268. The number of rotatable bonds is 12. The predicted octanol–water partition coefficient (Wildman–Crippen LogP) is 3.57. The second-order valence-electron chi connectivity index (χ2n) is 10.6. The smallest absolute Gasteiger partial charge is 0.339 e. The molecule has 2 N–H and O–H groups in total. The third-order valence-electron chi connectivity index (χ3n) is 7.86. The molecular weight excluding hydrogens is 584 g/mol. The zero-order chi connectivity index (χ0) is 30.3. The number of benzene rings is 1. The second kappa shape index (κ2) is 14.6. The highest BCUT2D eigenvalue weighted by Crippen LogP contribution is 2.26. The normalized spacial score (nSPS) is 19.4. The lowest BCUT2D eigenvalue weighted by Crippen LogP contribution is -2.43. The van der Waals surface area contributed by atoms with Crippen LogP contribution in [0.25, 0.3) is 0 Å². The van der Waals surface area contributed by atoms with Crippen molar-refractivity contribution >= 4 is 39.2 Å². The largest absolute Gasteiger partial charge is 0.443 e. The zero-order valence-corrected chi connectivity index (χ0v) is 26.0. The Kier molecular flexibility index (Phi) is 11.2. The highest BCUT2D eigenvalue weighted by molar-refractivity contribution is 7.90. The number of halogens is 1. The summed E-state index contributed by atoms with van der Waals surface area (Å²) in [6.07, 6.45) is 4.08. The van der Waals surface area contributed by atoms with Gasteiger partial charge in [-0.15, -0.1) is 0 Å². The molecule has 1 aromatic carbocycles. The molecule has 0 amide bonds. The van der Waals surface area contributed by atoms with Crippen LogP contribution in [0.3, 0.4) is 0 Å². The molecule has 3 heterocycles. The van der Waals surface area contributed by atoms with Crippen LogP contribution in [0.15, 0.2) is 35.3 Å². The predicted molar refractivity (Wildman–Crippen MR) is 162 cm³/mol. The maximum absolute atomic E-state index is 13.1. The number of anilines is 2. The minimum atomic E-state index is -3.85. The van der Waals surface area contributed by atoms with Crippen molar-refractivity contribution in [2.24, 2.45) is 5.92 Å². The topological polar surface area (TPSA) is 135 Å². The van der Waals surface area contributed by atoms with Crippen molar-refractivity contribution in [1.82, 2.24) is 19.0 Å². The van der Waals surface area contributed by atoms with E-state index in [1.807, 2.05) is 25.7 Å². The molecule has 232 valence electrons. The van der Waals surface area contributed by atoms with Gasteiger partial charge in [-0.2, -0.15) is 17.8 Å². The second-order valence-corrected chi connectivity index (χ2v) is 12.7. The summed E-state index contributed by atoms with van der Waals surface area (Å²) in [5.74, 6) is -0.115. The number of carbonyl (C=O) groups is 1. The molecule has 0 radical (unpaired) electrons. The molecule has 0 saturated carbocycles. The number of hydrogen-bond acceptors (Lipinski definition) is 9. The molecule has 0 bridgehead atoms. The average molecular weight is 625 g/mol. The molecule has 2 saturated heterocycles. The lowest BCUT2D eigenvalue weighted by molar-refractivity contribution is -0.0197. The Hall–Kier alpha value is -2.71. The molecule has 2 fully saturated rings. The number of nitrogens with one attached hydrogen (secondary N) is 2. The first-order chi connectivity index (χ1) is 20.1. The van der Waals surface area contributed by atoms with Crippen LogP contribution in [-0.4, -0.2) is 85.5 Å². The van der Waals surface area contributed by atoms with E-state index in [2.05, 4.69) is 15.1 Å². The maximum Gasteiger partial charge on any atom is 0.339 e. The van der Waals surface area contributed by atoms with Crippen LogP contribution in [0.5, 0.6) is 0 Å². The molecule has 14 heteroatoms. The standard InChI is InChI=1S/C28H41ClN6O6S/c1-4-33(5-2)20(3)41-28(37)22-8-10-23(11-9-22)32-42(38,39)34-14-12-24(13-15-34)35-27(36)26(29)25(18-31-35)30-17-21-7-6-16-40-19-21/h8-11,18,20-21,24,30,32H,4-7,12-17,19H2,1-3H3/t20-,21-/m1/s1. The molecule has 2 aliphatic heterocycles. The van der Waals surface area contributed by atoms with E-state index in [0.717, 1.165) is 32.5 Å². The van der Waals surface area contributed by atoms with E-state index >= 15 is 0 Å². The van der Waals surface area contributed by atoms with Crippen molar-refractivity contribution in [2.45, 2.75) is 58.7 Å². The monoisotopic (exact) mass is 624 g/mol. The van der Waals surface area contributed by atoms with Gasteiger partial charge in [0, 0.05) is 31.9 Å². The fraction of sp³-hybridized carbons (Fsp3) is 0.607. The summed E-state index contributed by atoms with van der Waals surface area (Å²) >= 11 is 6.39. The Labute approximate surface area is 252 Å². The Morgan fingerprint density at radius 2 is 1.88 bits per heavy atom. The minimum absolute atomic E-state index is 0.0771. The van der Waals surface area contributed by atoms with Gasteiger partial charge >= 0.3 is 16.2 Å². The van der Waals surface area contributed by atoms with Gasteiger partial charge in [-0.1, -0.05) is 25.4 Å². The van der Waals surface area contributed by atoms with Gasteiger partial charge in [-0.3, -0.25) is 14.4 Å². The van der Waals surface area contributed by atoms with Crippen LogP contribution in [0.2, 0.25) is 5.02 Å². The van der Waals surface area contributed by atoms with E-state index in [0.29, 0.717) is 48.8 Å². The van der Waals surface area contributed by atoms with E-state index in [-0.39, 0.29) is 30.4 Å². The van der Waals surface area contributed by atoms with E-state index in [1.165, 1.54) is 33.3 Å². The van der Waals surface area contributed by atoms with Gasteiger partial charge in [0.25, 0.3) is 5.56 Å². The van der Waals surface area contributed by atoms with Crippen LogP contribution >= 0.6 is 11.6 Å². The molecule has 42 heavy (non-hydrogen) atoms. The fourth-order valence-electron chi connectivity index (χ4n) is 5.30. The van der Waals surface area contributed by atoms with Gasteiger partial charge < -0.3 is 14.8 Å². The van der Waals surface area contributed by atoms with Crippen molar-refractivity contribution in [3.05, 3.63) is 51.4 Å². The van der Waals surface area contributed by atoms with Crippen LogP contribution in [0, 0.1) is 5.92 Å². The van der Waals surface area contributed by atoms with Gasteiger partial charge in [0.2, 0.25) is 0 Å². The number of hydrogen-bond donors (Lipinski definition) is 2. The Balaban J connectivity index is 1.30. The number of nitrogens with zero attached hydrogens (tertiary/aromatic N) is 4. The maximum atomic E-state index is 13.1. The zero-order valence-electron chi connectivity index (χ0n) is 24.4. The van der Waals surface area contributed by atoms with E-state index < -0.39 is 21.7 Å². The molecule has 2 aromatic rings. The van der Waals surface area contributed by atoms with Crippen LogP contribution in [-0.2, 0) is 19.7 Å². The van der Waals surface area contributed by atoms with Crippen molar-refractivity contribution in [3.8, 4) is 0 Å². The van der Waals surface area contributed by atoms with E-state index in [1.54, 1.807) is 6.20 Å². The highest BCUT2D eigenvalue weighted by Gasteiger charge is 2.30. The SMILES string of the molecule is CCN(CC)[C@@H](C)OC(=O)c1ccc(NS(=O)(=O)N2CCC(n3ncc(NC[C@H]4CCCOC4)c(Cl)c3=O)CC2)cc1. The van der Waals surface area contributed by atoms with Crippen molar-refractivity contribution in [2.75, 3.05) is 56.0 Å². The van der Waals surface area contributed by atoms with Crippen LogP contribution in [0.1, 0.15) is 62.9 Å². The number of carbonyl (C=O) groups excluding carboxylic acids is 1.